The van der Waals surface area contributed by atoms with Gasteiger partial charge in [-0.25, -0.2) is 9.78 Å². The highest BCUT2D eigenvalue weighted by Gasteiger charge is 2.09. The molecule has 0 saturated heterocycles. The molecule has 0 aliphatic rings. The summed E-state index contributed by atoms with van der Waals surface area (Å²) in [6.07, 6.45) is 1.43. The Labute approximate surface area is 78.6 Å². The number of nitrogens with one attached hydrogen (secondary N) is 1. The number of fused-ring (bicyclic) bond motifs is 1. The van der Waals surface area contributed by atoms with Crippen molar-refractivity contribution in [1.82, 2.24) is 15.0 Å². The molecule has 0 saturated carbocycles. The van der Waals surface area contributed by atoms with Gasteiger partial charge in [-0.3, -0.25) is 0 Å². The van der Waals surface area contributed by atoms with Gasteiger partial charge in [0, 0.05) is 0 Å². The summed E-state index contributed by atoms with van der Waals surface area (Å²) >= 11 is 0. The molecule has 0 atom stereocenters. The fourth-order valence-electron chi connectivity index (χ4n) is 1.09. The first-order chi connectivity index (χ1) is 6.70. The predicted octanol–water partition coefficient (Wildman–Crippen LogP) is 0.665. The topological polar surface area (TPSA) is 88.1 Å². The number of carbonyl (C=O) groups is 1. The third-order valence-electron chi connectivity index (χ3n) is 1.75. The average Bonchev–Trinajstić information content (AvgIpc) is 2.59. The summed E-state index contributed by atoms with van der Waals surface area (Å²) in [4.78, 5) is 21.2. The number of H-pyrrole nitrogens is 1. The van der Waals surface area contributed by atoms with Gasteiger partial charge >= 0.3 is 5.97 Å². The number of aromatic amines is 1. The maximum Gasteiger partial charge on any atom is 0.352 e. The Morgan fingerprint density at radius 2 is 2.43 bits per heavy atom. The van der Waals surface area contributed by atoms with Crippen molar-refractivity contribution in [1.29, 1.82) is 0 Å². The van der Waals surface area contributed by atoms with Crippen LogP contribution in [0.2, 0.25) is 0 Å². The molecule has 0 aromatic carbocycles. The number of hydrogen-bond donors (Lipinski definition) is 2. The zero-order chi connectivity index (χ0) is 10.1. The van der Waals surface area contributed by atoms with Crippen LogP contribution in [0.4, 0.5) is 0 Å². The van der Waals surface area contributed by atoms with E-state index in [1.807, 2.05) is 0 Å². The Kier molecular flexibility index (Phi) is 1.81. The minimum atomic E-state index is -1.04. The van der Waals surface area contributed by atoms with E-state index >= 15 is 0 Å². The lowest BCUT2D eigenvalue weighted by Gasteiger charge is -1.95. The molecule has 0 radical (unpaired) electrons. The first-order valence-corrected chi connectivity index (χ1v) is 3.84. The van der Waals surface area contributed by atoms with Gasteiger partial charge in [-0.1, -0.05) is 0 Å². The lowest BCUT2D eigenvalue weighted by atomic mass is 10.4. The standard InChI is InChI=1S/C8H7N3O3/c1-14-6-3-9-4-2-5(8(12)13)10-7(4)11-6/h2-3H,1H3,(H,10,11)(H,12,13). The van der Waals surface area contributed by atoms with E-state index in [0.717, 1.165) is 0 Å². The molecule has 2 N–H and O–H groups in total. The molecule has 0 unspecified atom stereocenters. The predicted molar refractivity (Wildman–Crippen MR) is 47.4 cm³/mol. The van der Waals surface area contributed by atoms with Crippen LogP contribution in [0, 0.1) is 0 Å². The quantitative estimate of drug-likeness (QED) is 0.731. The number of methoxy groups -OCH3 is 1. The Hall–Kier alpha value is -2.11. The van der Waals surface area contributed by atoms with E-state index in [4.69, 9.17) is 9.84 Å². The fourth-order valence-corrected chi connectivity index (χ4v) is 1.09. The van der Waals surface area contributed by atoms with Gasteiger partial charge in [0.2, 0.25) is 5.88 Å². The molecule has 0 amide bonds. The van der Waals surface area contributed by atoms with Crippen LogP contribution >= 0.6 is 0 Å². The Bertz CT molecular complexity index is 492. The molecule has 72 valence electrons. The van der Waals surface area contributed by atoms with E-state index in [1.165, 1.54) is 19.4 Å². The Morgan fingerprint density at radius 3 is 3.07 bits per heavy atom. The number of carboxylic acid groups (broad SMARTS) is 1. The summed E-state index contributed by atoms with van der Waals surface area (Å²) in [5.74, 6) is -0.694. The molecule has 2 heterocycles. The highest BCUT2D eigenvalue weighted by Crippen LogP contribution is 2.13. The smallest absolute Gasteiger partial charge is 0.352 e. The second-order valence-corrected chi connectivity index (χ2v) is 2.63. The van der Waals surface area contributed by atoms with E-state index in [-0.39, 0.29) is 5.69 Å². The monoisotopic (exact) mass is 193 g/mol. The minimum Gasteiger partial charge on any atom is -0.480 e. The van der Waals surface area contributed by atoms with E-state index < -0.39 is 5.97 Å². The van der Waals surface area contributed by atoms with Crippen LogP contribution in [0.25, 0.3) is 11.2 Å². The molecule has 2 aromatic heterocycles. The van der Waals surface area contributed by atoms with Crippen LogP contribution in [0.1, 0.15) is 10.5 Å². The van der Waals surface area contributed by atoms with Crippen LogP contribution in [0.15, 0.2) is 12.3 Å². The molecule has 0 fully saturated rings. The van der Waals surface area contributed by atoms with Crippen LogP contribution in [-0.2, 0) is 0 Å². The molecule has 6 heteroatoms. The van der Waals surface area contributed by atoms with Gasteiger partial charge in [0.15, 0.2) is 5.65 Å². The molecular weight excluding hydrogens is 186 g/mol. The zero-order valence-corrected chi connectivity index (χ0v) is 7.31. The number of aromatic nitrogens is 3. The Balaban J connectivity index is 2.60. The number of aromatic carboxylic acids is 1. The van der Waals surface area contributed by atoms with Crippen LogP contribution in [-0.4, -0.2) is 33.1 Å². The number of rotatable bonds is 2. The van der Waals surface area contributed by atoms with Crippen molar-refractivity contribution in [2.24, 2.45) is 0 Å². The highest BCUT2D eigenvalue weighted by molar-refractivity contribution is 5.91. The summed E-state index contributed by atoms with van der Waals surface area (Å²) in [5.41, 5.74) is 0.971. The SMILES string of the molecule is COc1cnc2cc(C(=O)O)[nH]c2n1. The van der Waals surface area contributed by atoms with E-state index in [9.17, 15) is 4.79 Å². The summed E-state index contributed by atoms with van der Waals surface area (Å²) in [6, 6.07) is 1.42. The van der Waals surface area contributed by atoms with Crippen molar-refractivity contribution in [2.75, 3.05) is 7.11 Å². The maximum atomic E-state index is 10.6. The second kappa shape index (κ2) is 2.99. The van der Waals surface area contributed by atoms with Gasteiger partial charge in [0.05, 0.1) is 13.3 Å². The van der Waals surface area contributed by atoms with Gasteiger partial charge in [-0.2, -0.15) is 4.98 Å². The van der Waals surface area contributed by atoms with Crippen LogP contribution in [0.5, 0.6) is 5.88 Å². The van der Waals surface area contributed by atoms with Crippen LogP contribution in [0.3, 0.4) is 0 Å². The molecule has 0 aliphatic carbocycles. The van der Waals surface area contributed by atoms with Gasteiger partial charge in [-0.05, 0) is 6.07 Å². The zero-order valence-electron chi connectivity index (χ0n) is 7.31. The van der Waals surface area contributed by atoms with Crippen molar-refractivity contribution in [3.8, 4) is 5.88 Å². The van der Waals surface area contributed by atoms with E-state index in [2.05, 4.69) is 15.0 Å². The van der Waals surface area contributed by atoms with Crippen molar-refractivity contribution < 1.29 is 14.6 Å². The third kappa shape index (κ3) is 1.26. The van der Waals surface area contributed by atoms with Crippen molar-refractivity contribution >= 4 is 17.1 Å². The molecule has 14 heavy (non-hydrogen) atoms. The number of hydrogen-bond acceptors (Lipinski definition) is 4. The van der Waals surface area contributed by atoms with Crippen molar-refractivity contribution in [3.05, 3.63) is 18.0 Å². The lowest BCUT2D eigenvalue weighted by molar-refractivity contribution is 0.0691. The number of ether oxygens (including phenoxy) is 1. The first-order valence-electron chi connectivity index (χ1n) is 3.84. The van der Waals surface area contributed by atoms with E-state index in [0.29, 0.717) is 17.0 Å². The highest BCUT2D eigenvalue weighted by atomic mass is 16.5. The van der Waals surface area contributed by atoms with Crippen molar-refractivity contribution in [3.63, 3.8) is 0 Å². The number of carboxylic acids is 1. The summed E-state index contributed by atoms with van der Waals surface area (Å²) in [6.45, 7) is 0. The van der Waals surface area contributed by atoms with Gasteiger partial charge < -0.3 is 14.8 Å². The lowest BCUT2D eigenvalue weighted by Crippen LogP contribution is -1.95. The summed E-state index contributed by atoms with van der Waals surface area (Å²) in [7, 11) is 1.47. The molecule has 2 rings (SSSR count). The average molecular weight is 193 g/mol. The second-order valence-electron chi connectivity index (χ2n) is 2.63. The summed E-state index contributed by atoms with van der Waals surface area (Å²) < 4.78 is 4.85. The third-order valence-corrected chi connectivity index (χ3v) is 1.75. The molecule has 0 aliphatic heterocycles. The number of nitrogens with zero attached hydrogens (tertiary/aromatic N) is 2. The van der Waals surface area contributed by atoms with Crippen molar-refractivity contribution in [2.45, 2.75) is 0 Å². The van der Waals surface area contributed by atoms with Gasteiger partial charge in [0.25, 0.3) is 0 Å². The van der Waals surface area contributed by atoms with Crippen LogP contribution < -0.4 is 4.74 Å². The fraction of sp³-hybridized carbons (Fsp3) is 0.125. The molecule has 0 bridgehead atoms. The minimum absolute atomic E-state index is 0.0632. The largest absolute Gasteiger partial charge is 0.480 e. The van der Waals surface area contributed by atoms with Gasteiger partial charge in [-0.15, -0.1) is 0 Å². The molecular formula is C8H7N3O3. The normalized spacial score (nSPS) is 10.4. The molecule has 2 aromatic rings. The molecule has 6 nitrogen and oxygen atoms in total. The van der Waals surface area contributed by atoms with E-state index in [1.54, 1.807) is 0 Å². The van der Waals surface area contributed by atoms with Gasteiger partial charge in [0.1, 0.15) is 11.2 Å². The Morgan fingerprint density at radius 1 is 1.64 bits per heavy atom. The molecule has 0 spiro atoms. The first kappa shape index (κ1) is 8.49. The summed E-state index contributed by atoms with van der Waals surface area (Å²) in [5, 5.41) is 8.69. The maximum absolute atomic E-state index is 10.6.